The number of para-hydroxylation sites is 1. The average molecular weight is 563 g/mol. The van der Waals surface area contributed by atoms with Gasteiger partial charge in [-0.3, -0.25) is 24.6 Å². The molecule has 0 aliphatic carbocycles. The van der Waals surface area contributed by atoms with E-state index in [-0.39, 0.29) is 17.5 Å². The van der Waals surface area contributed by atoms with Crippen LogP contribution in [-0.4, -0.2) is 84.4 Å². The van der Waals surface area contributed by atoms with Crippen LogP contribution in [0.4, 0.5) is 5.69 Å². The molecule has 3 aromatic rings. The van der Waals surface area contributed by atoms with Gasteiger partial charge in [0.2, 0.25) is 0 Å². The number of halogens is 1. The number of nitro groups is 1. The topological polar surface area (TPSA) is 96.2 Å². The van der Waals surface area contributed by atoms with Crippen LogP contribution in [0.1, 0.15) is 26.3 Å². The van der Waals surface area contributed by atoms with Gasteiger partial charge in [0, 0.05) is 79.7 Å². The number of nitro benzene ring substituents is 1. The minimum absolute atomic E-state index is 0.103. The van der Waals surface area contributed by atoms with Gasteiger partial charge < -0.3 is 14.5 Å². The van der Waals surface area contributed by atoms with Crippen molar-refractivity contribution in [2.75, 3.05) is 52.9 Å². The van der Waals surface area contributed by atoms with Crippen molar-refractivity contribution in [3.8, 4) is 5.75 Å². The highest BCUT2D eigenvalue weighted by Gasteiger charge is 2.24. The second-order valence-electron chi connectivity index (χ2n) is 9.35. The van der Waals surface area contributed by atoms with Crippen LogP contribution in [0.25, 0.3) is 6.08 Å². The SMILES string of the molecule is COc1ccccc1/C=C/CN(CCN1CCN(C(=O)c2cccc([N+](=O)[O-])c2)CC1)C(=O)c1cccc(Cl)c1. The molecule has 0 bridgehead atoms. The summed E-state index contributed by atoms with van der Waals surface area (Å²) in [5.41, 5.74) is 1.65. The third-order valence-electron chi connectivity index (χ3n) is 6.77. The fourth-order valence-corrected chi connectivity index (χ4v) is 4.75. The van der Waals surface area contributed by atoms with Gasteiger partial charge in [-0.15, -0.1) is 0 Å². The lowest BCUT2D eigenvalue weighted by Gasteiger charge is -2.35. The Hall–Kier alpha value is -4.21. The third-order valence-corrected chi connectivity index (χ3v) is 7.01. The Morgan fingerprint density at radius 2 is 1.73 bits per heavy atom. The molecule has 1 aliphatic heterocycles. The molecule has 1 heterocycles. The minimum atomic E-state index is -0.503. The van der Waals surface area contributed by atoms with Gasteiger partial charge in [0.1, 0.15) is 5.75 Å². The van der Waals surface area contributed by atoms with E-state index in [0.717, 1.165) is 11.3 Å². The summed E-state index contributed by atoms with van der Waals surface area (Å²) in [7, 11) is 1.62. The van der Waals surface area contributed by atoms with E-state index in [1.807, 2.05) is 36.4 Å². The first-order valence-corrected chi connectivity index (χ1v) is 13.3. The highest BCUT2D eigenvalue weighted by Crippen LogP contribution is 2.20. The van der Waals surface area contributed by atoms with Crippen molar-refractivity contribution in [2.24, 2.45) is 0 Å². The summed E-state index contributed by atoms with van der Waals surface area (Å²) in [6.07, 6.45) is 3.88. The molecule has 0 atom stereocenters. The number of hydrogen-bond acceptors (Lipinski definition) is 6. The zero-order chi connectivity index (χ0) is 28.5. The molecule has 0 radical (unpaired) electrons. The molecular weight excluding hydrogens is 532 g/mol. The molecule has 1 saturated heterocycles. The highest BCUT2D eigenvalue weighted by atomic mass is 35.5. The molecule has 9 nitrogen and oxygen atoms in total. The van der Waals surface area contributed by atoms with E-state index >= 15 is 0 Å². The van der Waals surface area contributed by atoms with Crippen LogP contribution in [0, 0.1) is 10.1 Å². The maximum Gasteiger partial charge on any atom is 0.270 e. The van der Waals surface area contributed by atoms with Gasteiger partial charge in [-0.05, 0) is 30.3 Å². The molecule has 0 saturated carbocycles. The largest absolute Gasteiger partial charge is 0.496 e. The number of hydrogen-bond donors (Lipinski definition) is 0. The van der Waals surface area contributed by atoms with Crippen molar-refractivity contribution in [1.29, 1.82) is 0 Å². The molecule has 3 aromatic carbocycles. The van der Waals surface area contributed by atoms with Gasteiger partial charge in [0.15, 0.2) is 0 Å². The van der Waals surface area contributed by atoms with Crippen molar-refractivity contribution in [2.45, 2.75) is 0 Å². The fourth-order valence-electron chi connectivity index (χ4n) is 4.56. The standard InChI is InChI=1S/C30H31ClN4O5/c1-40-28-13-3-2-7-23(28)10-6-14-33(29(36)24-8-4-11-26(31)21-24)18-15-32-16-19-34(20-17-32)30(37)25-9-5-12-27(22-25)35(38)39/h2-13,21-22H,14-20H2,1H3/b10-6+. The van der Waals surface area contributed by atoms with E-state index in [9.17, 15) is 19.7 Å². The molecular formula is C30H31ClN4O5. The van der Waals surface area contributed by atoms with E-state index in [2.05, 4.69) is 4.90 Å². The summed E-state index contributed by atoms with van der Waals surface area (Å²) in [6.45, 7) is 3.78. The smallest absolute Gasteiger partial charge is 0.270 e. The minimum Gasteiger partial charge on any atom is -0.496 e. The zero-order valence-corrected chi connectivity index (χ0v) is 23.0. The molecule has 0 spiro atoms. The van der Waals surface area contributed by atoms with Gasteiger partial charge in [-0.2, -0.15) is 0 Å². The molecule has 208 valence electrons. The van der Waals surface area contributed by atoms with Gasteiger partial charge in [0.25, 0.3) is 17.5 Å². The summed E-state index contributed by atoms with van der Waals surface area (Å²) in [5, 5.41) is 11.6. The number of carbonyl (C=O) groups excluding carboxylic acids is 2. The summed E-state index contributed by atoms with van der Waals surface area (Å²) in [4.78, 5) is 42.6. The Morgan fingerprint density at radius 1 is 1.00 bits per heavy atom. The van der Waals surface area contributed by atoms with E-state index in [1.165, 1.54) is 18.2 Å². The predicted octanol–water partition coefficient (Wildman–Crippen LogP) is 4.87. The average Bonchev–Trinajstić information content (AvgIpc) is 2.98. The molecule has 0 unspecified atom stereocenters. The predicted molar refractivity (Wildman–Crippen MR) is 155 cm³/mol. The first-order chi connectivity index (χ1) is 19.4. The number of benzene rings is 3. The summed E-state index contributed by atoms with van der Waals surface area (Å²) >= 11 is 6.15. The normalized spacial score (nSPS) is 13.8. The second-order valence-corrected chi connectivity index (χ2v) is 9.78. The summed E-state index contributed by atoms with van der Waals surface area (Å²) in [5.74, 6) is 0.415. The molecule has 2 amide bonds. The molecule has 4 rings (SSSR count). The van der Waals surface area contributed by atoms with E-state index in [4.69, 9.17) is 16.3 Å². The number of methoxy groups -OCH3 is 1. The van der Waals surface area contributed by atoms with Crippen LogP contribution in [0.2, 0.25) is 5.02 Å². The Kier molecular flexibility index (Phi) is 9.88. The van der Waals surface area contributed by atoms with Crippen molar-refractivity contribution in [3.05, 3.63) is 111 Å². The number of piperazine rings is 1. The first-order valence-electron chi connectivity index (χ1n) is 13.0. The molecule has 40 heavy (non-hydrogen) atoms. The second kappa shape index (κ2) is 13.7. The highest BCUT2D eigenvalue weighted by molar-refractivity contribution is 6.30. The Bertz CT molecular complexity index is 1390. The van der Waals surface area contributed by atoms with Crippen LogP contribution in [0.5, 0.6) is 5.75 Å². The maximum atomic E-state index is 13.4. The molecule has 10 heteroatoms. The van der Waals surface area contributed by atoms with Crippen molar-refractivity contribution >= 4 is 35.2 Å². The molecule has 0 N–H and O–H groups in total. The van der Waals surface area contributed by atoms with Gasteiger partial charge in [-0.1, -0.05) is 54.1 Å². The van der Waals surface area contributed by atoms with Crippen LogP contribution in [0.3, 0.4) is 0 Å². The number of rotatable bonds is 10. The monoisotopic (exact) mass is 562 g/mol. The number of nitrogens with zero attached hydrogens (tertiary/aromatic N) is 4. The summed E-state index contributed by atoms with van der Waals surface area (Å²) < 4.78 is 5.42. The lowest BCUT2D eigenvalue weighted by atomic mass is 10.1. The Labute approximate surface area is 238 Å². The van der Waals surface area contributed by atoms with Crippen molar-refractivity contribution < 1.29 is 19.2 Å². The lowest BCUT2D eigenvalue weighted by Crippen LogP contribution is -2.50. The maximum absolute atomic E-state index is 13.4. The molecule has 1 aliphatic rings. The fraction of sp³-hybridized carbons (Fsp3) is 0.267. The van der Waals surface area contributed by atoms with E-state index in [0.29, 0.717) is 62.0 Å². The number of ether oxygens (including phenoxy) is 1. The number of non-ortho nitro benzene ring substituents is 1. The first kappa shape index (κ1) is 28.8. The van der Waals surface area contributed by atoms with Crippen LogP contribution >= 0.6 is 11.6 Å². The van der Waals surface area contributed by atoms with Crippen LogP contribution < -0.4 is 4.74 Å². The quantitative estimate of drug-likeness (QED) is 0.258. The number of amides is 2. The summed E-state index contributed by atoms with van der Waals surface area (Å²) in [6, 6.07) is 20.4. The Balaban J connectivity index is 1.38. The molecule has 1 fully saturated rings. The van der Waals surface area contributed by atoms with Crippen LogP contribution in [-0.2, 0) is 0 Å². The zero-order valence-electron chi connectivity index (χ0n) is 22.2. The van der Waals surface area contributed by atoms with Gasteiger partial charge >= 0.3 is 0 Å². The van der Waals surface area contributed by atoms with Crippen molar-refractivity contribution in [3.63, 3.8) is 0 Å². The van der Waals surface area contributed by atoms with Crippen molar-refractivity contribution in [1.82, 2.24) is 14.7 Å². The number of carbonyl (C=O) groups is 2. The van der Waals surface area contributed by atoms with Gasteiger partial charge in [-0.25, -0.2) is 0 Å². The molecule has 0 aromatic heterocycles. The Morgan fingerprint density at radius 3 is 2.45 bits per heavy atom. The third kappa shape index (κ3) is 7.46. The van der Waals surface area contributed by atoms with E-state index in [1.54, 1.807) is 47.2 Å². The van der Waals surface area contributed by atoms with E-state index < -0.39 is 4.92 Å². The van der Waals surface area contributed by atoms with Gasteiger partial charge in [0.05, 0.1) is 12.0 Å². The van der Waals surface area contributed by atoms with Crippen LogP contribution in [0.15, 0.2) is 78.9 Å². The lowest BCUT2D eigenvalue weighted by molar-refractivity contribution is -0.384.